The number of anilines is 1. The zero-order valence-corrected chi connectivity index (χ0v) is 21.9. The van der Waals surface area contributed by atoms with Crippen molar-refractivity contribution in [3.8, 4) is 11.5 Å². The largest absolute Gasteiger partial charge is 0.462 e. The number of para-hydroxylation sites is 1. The maximum atomic E-state index is 13.7. The first-order chi connectivity index (χ1) is 18.1. The van der Waals surface area contributed by atoms with Gasteiger partial charge in [0.2, 0.25) is 10.0 Å². The summed E-state index contributed by atoms with van der Waals surface area (Å²) in [6.07, 6.45) is -6.80. The van der Waals surface area contributed by atoms with Crippen LogP contribution in [0.4, 0.5) is 5.69 Å². The summed E-state index contributed by atoms with van der Waals surface area (Å²) in [5.74, 6) is -0.571. The number of benzene rings is 2. The highest BCUT2D eigenvalue weighted by molar-refractivity contribution is 7.89. The van der Waals surface area contributed by atoms with Gasteiger partial charge in [0.15, 0.2) is 12.0 Å². The van der Waals surface area contributed by atoms with Gasteiger partial charge < -0.3 is 40.0 Å². The Kier molecular flexibility index (Phi) is 10.4. The molecule has 0 amide bonds. The van der Waals surface area contributed by atoms with Crippen molar-refractivity contribution in [2.75, 3.05) is 25.1 Å². The Balaban J connectivity index is 2.11. The van der Waals surface area contributed by atoms with Gasteiger partial charge in [0.25, 0.3) is 0 Å². The van der Waals surface area contributed by atoms with E-state index < -0.39 is 58.1 Å². The van der Waals surface area contributed by atoms with Crippen LogP contribution in [0.3, 0.4) is 0 Å². The van der Waals surface area contributed by atoms with E-state index in [0.717, 1.165) is 18.9 Å². The van der Waals surface area contributed by atoms with Gasteiger partial charge in [-0.15, -0.1) is 0 Å². The second-order valence-electron chi connectivity index (χ2n) is 8.64. The van der Waals surface area contributed by atoms with Crippen LogP contribution >= 0.6 is 0 Å². The molecule has 38 heavy (non-hydrogen) atoms. The summed E-state index contributed by atoms with van der Waals surface area (Å²) < 4.78 is 45.9. The lowest BCUT2D eigenvalue weighted by molar-refractivity contribution is -0.231. The van der Waals surface area contributed by atoms with E-state index in [2.05, 4.69) is 10.0 Å². The summed E-state index contributed by atoms with van der Waals surface area (Å²) in [4.78, 5) is 12.1. The van der Waals surface area contributed by atoms with E-state index in [-0.39, 0.29) is 23.6 Å². The summed E-state index contributed by atoms with van der Waals surface area (Å²) in [7, 11) is -4.62. The van der Waals surface area contributed by atoms with Crippen LogP contribution in [-0.4, -0.2) is 85.2 Å². The summed E-state index contributed by atoms with van der Waals surface area (Å²) >= 11 is 0. The molecule has 0 aliphatic carbocycles. The number of ether oxygens (including phenoxy) is 3. The van der Waals surface area contributed by atoms with Crippen molar-refractivity contribution in [1.29, 1.82) is 0 Å². The molecule has 0 radical (unpaired) electrons. The Morgan fingerprint density at radius 1 is 1.05 bits per heavy atom. The van der Waals surface area contributed by atoms with Crippen molar-refractivity contribution in [3.05, 3.63) is 48.0 Å². The number of esters is 1. The maximum Gasteiger partial charge on any atom is 0.338 e. The zero-order valence-electron chi connectivity index (χ0n) is 21.1. The van der Waals surface area contributed by atoms with Crippen LogP contribution in [0.2, 0.25) is 0 Å². The molecule has 1 aliphatic heterocycles. The molecule has 1 aliphatic rings. The van der Waals surface area contributed by atoms with Gasteiger partial charge in [0.1, 0.15) is 35.1 Å². The van der Waals surface area contributed by atoms with Crippen molar-refractivity contribution in [1.82, 2.24) is 4.72 Å². The fourth-order valence-corrected chi connectivity index (χ4v) is 5.10. The van der Waals surface area contributed by atoms with Gasteiger partial charge in [0, 0.05) is 6.54 Å². The molecule has 6 N–H and O–H groups in total. The number of rotatable bonds is 12. The number of aliphatic hydroxyl groups excluding tert-OH is 4. The molecule has 3 rings (SSSR count). The summed E-state index contributed by atoms with van der Waals surface area (Å²) in [6.45, 7) is 3.37. The van der Waals surface area contributed by atoms with Gasteiger partial charge in [-0.25, -0.2) is 13.2 Å². The molecular weight excluding hydrogens is 520 g/mol. The van der Waals surface area contributed by atoms with E-state index in [9.17, 15) is 33.6 Å². The second kappa shape index (κ2) is 13.3. The molecule has 2 aromatic carbocycles. The lowest BCUT2D eigenvalue weighted by Crippen LogP contribution is -2.63. The Hall–Kier alpha value is -2.78. The fourth-order valence-electron chi connectivity index (χ4n) is 3.79. The molecule has 1 unspecified atom stereocenters. The monoisotopic (exact) mass is 554 g/mol. The third-order valence-corrected chi connectivity index (χ3v) is 7.25. The van der Waals surface area contributed by atoms with Crippen molar-refractivity contribution < 1.29 is 47.8 Å². The molecule has 1 heterocycles. The normalized spacial score (nSPS) is 23.6. The second-order valence-corrected chi connectivity index (χ2v) is 10.3. The number of unbranched alkanes of at least 4 members (excludes halogenated alkanes) is 1. The number of carbonyl (C=O) groups is 1. The molecule has 210 valence electrons. The highest BCUT2D eigenvalue weighted by Crippen LogP contribution is 2.38. The van der Waals surface area contributed by atoms with Gasteiger partial charge >= 0.3 is 5.97 Å². The maximum absolute atomic E-state index is 13.7. The first-order valence-electron chi connectivity index (χ1n) is 12.3. The van der Waals surface area contributed by atoms with Gasteiger partial charge in [-0.05, 0) is 37.6 Å². The molecule has 1 saturated heterocycles. The smallest absolute Gasteiger partial charge is 0.338 e. The average Bonchev–Trinajstić information content (AvgIpc) is 2.90. The SMILES string of the molecule is CCCCNc1cc(C(=O)OCC)cc(S(=O)(=O)NC2O[C@H](CO)[C@H](O)[C@H](O)[C@H]2O)c1Oc1ccccc1. The number of hydrogen-bond donors (Lipinski definition) is 6. The fraction of sp³-hybridized carbons (Fsp3) is 0.480. The first kappa shape index (κ1) is 29.8. The molecule has 2 aromatic rings. The molecule has 0 aromatic heterocycles. The minimum Gasteiger partial charge on any atom is -0.462 e. The van der Waals surface area contributed by atoms with Crippen LogP contribution in [0.15, 0.2) is 47.4 Å². The Morgan fingerprint density at radius 3 is 2.39 bits per heavy atom. The summed E-state index contributed by atoms with van der Waals surface area (Å²) in [6, 6.07) is 10.9. The van der Waals surface area contributed by atoms with Crippen LogP contribution in [0, 0.1) is 0 Å². The number of carbonyl (C=O) groups excluding carboxylic acids is 1. The number of nitrogens with one attached hydrogen (secondary N) is 2. The third-order valence-electron chi connectivity index (χ3n) is 5.83. The molecule has 0 spiro atoms. The van der Waals surface area contributed by atoms with E-state index in [1.54, 1.807) is 37.3 Å². The minimum atomic E-state index is -4.62. The first-order valence-corrected chi connectivity index (χ1v) is 13.8. The van der Waals surface area contributed by atoms with Crippen molar-refractivity contribution >= 4 is 21.7 Å². The van der Waals surface area contributed by atoms with Crippen LogP contribution in [0.1, 0.15) is 37.0 Å². The van der Waals surface area contributed by atoms with Crippen LogP contribution in [0.25, 0.3) is 0 Å². The molecule has 1 fully saturated rings. The van der Waals surface area contributed by atoms with E-state index >= 15 is 0 Å². The van der Waals surface area contributed by atoms with Gasteiger partial charge in [0.05, 0.1) is 24.5 Å². The van der Waals surface area contributed by atoms with E-state index in [4.69, 9.17) is 14.2 Å². The van der Waals surface area contributed by atoms with Gasteiger partial charge in [-0.1, -0.05) is 31.5 Å². The minimum absolute atomic E-state index is 0.0604. The average molecular weight is 555 g/mol. The van der Waals surface area contributed by atoms with Crippen LogP contribution in [0.5, 0.6) is 11.5 Å². The van der Waals surface area contributed by atoms with E-state index in [0.29, 0.717) is 12.3 Å². The third kappa shape index (κ3) is 6.99. The number of sulfonamides is 1. The van der Waals surface area contributed by atoms with Crippen LogP contribution in [-0.2, 0) is 19.5 Å². The molecular formula is C25H34N2O10S. The molecule has 12 nitrogen and oxygen atoms in total. The highest BCUT2D eigenvalue weighted by atomic mass is 32.2. The molecule has 0 bridgehead atoms. The standard InChI is InChI=1S/C25H34N2O10S/c1-3-5-11-26-17-12-15(25(32)35-4-2)13-19(23(17)36-16-9-7-6-8-10-16)38(33,34)27-24-22(31)21(30)20(29)18(14-28)37-24/h6-10,12-13,18,20-22,24,26-31H,3-5,11,14H2,1-2H3/t18-,20+,21+,22-,24?/m1/s1. The van der Waals surface area contributed by atoms with E-state index in [1.165, 1.54) is 6.07 Å². The number of hydrogen-bond acceptors (Lipinski definition) is 11. The lowest BCUT2D eigenvalue weighted by atomic mass is 9.99. The molecule has 0 saturated carbocycles. The quantitative estimate of drug-likeness (QED) is 0.162. The van der Waals surface area contributed by atoms with Crippen molar-refractivity contribution in [2.45, 2.75) is 62.2 Å². The predicted molar refractivity (Wildman–Crippen MR) is 136 cm³/mol. The van der Waals surface area contributed by atoms with Gasteiger partial charge in [-0.3, -0.25) is 0 Å². The summed E-state index contributed by atoms with van der Waals surface area (Å²) in [5, 5.41) is 43.1. The zero-order chi connectivity index (χ0) is 27.9. The molecule has 5 atom stereocenters. The van der Waals surface area contributed by atoms with Crippen molar-refractivity contribution in [3.63, 3.8) is 0 Å². The molecule has 13 heteroatoms. The Bertz CT molecular complexity index is 1180. The predicted octanol–water partition coefficient (Wildman–Crippen LogP) is 0.946. The Morgan fingerprint density at radius 2 is 1.76 bits per heavy atom. The van der Waals surface area contributed by atoms with Crippen molar-refractivity contribution in [2.24, 2.45) is 0 Å². The van der Waals surface area contributed by atoms with Crippen LogP contribution < -0.4 is 14.8 Å². The highest BCUT2D eigenvalue weighted by Gasteiger charge is 2.45. The Labute approximate surface area is 221 Å². The summed E-state index contributed by atoms with van der Waals surface area (Å²) in [5.41, 5.74) is 0.141. The van der Waals surface area contributed by atoms with Gasteiger partial charge in [-0.2, -0.15) is 4.72 Å². The topological polar surface area (TPSA) is 184 Å². The van der Waals surface area contributed by atoms with E-state index in [1.807, 2.05) is 6.92 Å². The lowest BCUT2D eigenvalue weighted by Gasteiger charge is -2.40. The number of aliphatic hydroxyl groups is 4.